The van der Waals surface area contributed by atoms with E-state index in [4.69, 9.17) is 16.3 Å². The topological polar surface area (TPSA) is 67.3 Å². The van der Waals surface area contributed by atoms with Crippen LogP contribution in [0.4, 0.5) is 5.82 Å². The van der Waals surface area contributed by atoms with Crippen molar-refractivity contribution in [2.75, 3.05) is 19.0 Å². The minimum Gasteiger partial charge on any atom is -0.490 e. The third-order valence-electron chi connectivity index (χ3n) is 4.08. The summed E-state index contributed by atoms with van der Waals surface area (Å²) in [6, 6.07) is 0. The molecule has 0 unspecified atom stereocenters. The van der Waals surface area contributed by atoms with Crippen LogP contribution in [0.1, 0.15) is 39.5 Å². The Bertz CT molecular complexity index is 469. The van der Waals surface area contributed by atoms with Gasteiger partial charge in [0.05, 0.1) is 12.7 Å². The van der Waals surface area contributed by atoms with Gasteiger partial charge in [-0.15, -0.1) is 0 Å². The highest BCUT2D eigenvalue weighted by Gasteiger charge is 2.36. The average molecular weight is 300 g/mol. The van der Waals surface area contributed by atoms with Gasteiger partial charge in [0.15, 0.2) is 16.7 Å². The summed E-state index contributed by atoms with van der Waals surface area (Å²) >= 11 is 5.94. The van der Waals surface area contributed by atoms with Gasteiger partial charge in [0, 0.05) is 6.54 Å². The Morgan fingerprint density at radius 3 is 2.55 bits per heavy atom. The molecule has 0 aliphatic heterocycles. The molecule has 1 fully saturated rings. The average Bonchev–Trinajstić information content (AvgIpc) is 2.41. The lowest BCUT2D eigenvalue weighted by Gasteiger charge is -2.40. The summed E-state index contributed by atoms with van der Waals surface area (Å²) in [5.74, 6) is 0.930. The lowest BCUT2D eigenvalue weighted by molar-refractivity contribution is -0.0146. The smallest absolute Gasteiger partial charge is 0.198 e. The van der Waals surface area contributed by atoms with Crippen LogP contribution in [0.25, 0.3) is 0 Å². The molecule has 5 nitrogen and oxygen atoms in total. The number of anilines is 1. The molecular weight excluding hydrogens is 278 g/mol. The van der Waals surface area contributed by atoms with Crippen molar-refractivity contribution in [1.82, 2.24) is 9.97 Å². The minimum atomic E-state index is -0.696. The number of aliphatic hydroxyl groups is 1. The highest BCUT2D eigenvalue weighted by atomic mass is 35.5. The Labute approximate surface area is 124 Å². The van der Waals surface area contributed by atoms with Gasteiger partial charge in [-0.25, -0.2) is 9.97 Å². The molecule has 2 rings (SSSR count). The second-order valence-corrected chi connectivity index (χ2v) is 6.65. The van der Waals surface area contributed by atoms with Crippen molar-refractivity contribution in [1.29, 1.82) is 0 Å². The van der Waals surface area contributed by atoms with Crippen LogP contribution in [0.5, 0.6) is 5.75 Å². The second kappa shape index (κ2) is 5.74. The van der Waals surface area contributed by atoms with E-state index < -0.39 is 5.60 Å². The van der Waals surface area contributed by atoms with Gasteiger partial charge < -0.3 is 15.2 Å². The van der Waals surface area contributed by atoms with E-state index in [1.54, 1.807) is 0 Å². The molecule has 1 aromatic heterocycles. The van der Waals surface area contributed by atoms with Crippen LogP contribution in [-0.4, -0.2) is 34.3 Å². The Hall–Kier alpha value is -1.07. The van der Waals surface area contributed by atoms with Crippen LogP contribution >= 0.6 is 11.6 Å². The number of rotatable bonds is 4. The van der Waals surface area contributed by atoms with Gasteiger partial charge >= 0.3 is 0 Å². The molecule has 2 N–H and O–H groups in total. The van der Waals surface area contributed by atoms with Crippen molar-refractivity contribution < 1.29 is 9.84 Å². The molecule has 1 aliphatic rings. The first-order chi connectivity index (χ1) is 9.35. The molecule has 0 bridgehead atoms. The summed E-state index contributed by atoms with van der Waals surface area (Å²) < 4.78 is 5.18. The molecule has 0 amide bonds. The van der Waals surface area contributed by atoms with Crippen LogP contribution in [0.3, 0.4) is 0 Å². The van der Waals surface area contributed by atoms with E-state index in [2.05, 4.69) is 29.1 Å². The fraction of sp³-hybridized carbons (Fsp3) is 0.714. The summed E-state index contributed by atoms with van der Waals surface area (Å²) in [6.45, 7) is 4.92. The number of hydrogen-bond donors (Lipinski definition) is 2. The minimum absolute atomic E-state index is 0.266. The highest BCUT2D eigenvalue weighted by Crippen LogP contribution is 2.40. The van der Waals surface area contributed by atoms with E-state index in [9.17, 15) is 5.11 Å². The normalized spacial score (nSPS) is 20.4. The molecular formula is C14H22ClN3O2. The quantitative estimate of drug-likeness (QED) is 0.837. The first-order valence-corrected chi connectivity index (χ1v) is 7.24. The number of ether oxygens (including phenoxy) is 1. The second-order valence-electron chi connectivity index (χ2n) is 6.29. The molecule has 1 saturated carbocycles. The number of nitrogens with one attached hydrogen (secondary N) is 1. The summed E-state index contributed by atoms with van der Waals surface area (Å²) in [5, 5.41) is 14.0. The van der Waals surface area contributed by atoms with Crippen molar-refractivity contribution in [2.24, 2.45) is 5.41 Å². The third kappa shape index (κ3) is 3.52. The fourth-order valence-electron chi connectivity index (χ4n) is 2.48. The van der Waals surface area contributed by atoms with Crippen LogP contribution in [-0.2, 0) is 0 Å². The van der Waals surface area contributed by atoms with Gasteiger partial charge in [-0.3, -0.25) is 0 Å². The van der Waals surface area contributed by atoms with Crippen molar-refractivity contribution >= 4 is 17.4 Å². The Balaban J connectivity index is 2.01. The molecule has 0 saturated heterocycles. The lowest BCUT2D eigenvalue weighted by Crippen LogP contribution is -2.42. The van der Waals surface area contributed by atoms with Crippen molar-refractivity contribution in [3.8, 4) is 5.75 Å². The number of methoxy groups -OCH3 is 1. The molecule has 112 valence electrons. The zero-order chi connectivity index (χ0) is 14.8. The van der Waals surface area contributed by atoms with Crippen molar-refractivity contribution in [2.45, 2.75) is 45.1 Å². The molecule has 6 heteroatoms. The molecule has 1 aliphatic carbocycles. The van der Waals surface area contributed by atoms with E-state index >= 15 is 0 Å². The molecule has 0 aromatic carbocycles. The maximum atomic E-state index is 10.6. The van der Waals surface area contributed by atoms with Gasteiger partial charge in [-0.1, -0.05) is 25.4 Å². The van der Waals surface area contributed by atoms with Gasteiger partial charge in [0.25, 0.3) is 0 Å². The summed E-state index contributed by atoms with van der Waals surface area (Å²) in [4.78, 5) is 7.98. The SMILES string of the molecule is COc1c(Cl)ncnc1NCC1(O)CCC(C)(C)CC1. The highest BCUT2D eigenvalue weighted by molar-refractivity contribution is 6.31. The van der Waals surface area contributed by atoms with Crippen LogP contribution in [0.2, 0.25) is 5.15 Å². The van der Waals surface area contributed by atoms with E-state index in [0.29, 0.717) is 23.5 Å². The molecule has 20 heavy (non-hydrogen) atoms. The van der Waals surface area contributed by atoms with Crippen LogP contribution in [0.15, 0.2) is 6.33 Å². The fourth-order valence-corrected chi connectivity index (χ4v) is 2.69. The zero-order valence-corrected chi connectivity index (χ0v) is 13.0. The Kier molecular flexibility index (Phi) is 4.39. The molecule has 0 atom stereocenters. The zero-order valence-electron chi connectivity index (χ0n) is 12.2. The number of hydrogen-bond acceptors (Lipinski definition) is 5. The predicted octanol–water partition coefficient (Wildman–Crippen LogP) is 2.88. The standard InChI is InChI=1S/C14H22ClN3O2/c1-13(2)4-6-14(19,7-5-13)8-16-12-10(20-3)11(15)17-9-18-12/h9,19H,4-8H2,1-3H3,(H,16,17,18). The summed E-state index contributed by atoms with van der Waals surface area (Å²) in [5.41, 5.74) is -0.375. The van der Waals surface area contributed by atoms with Crippen molar-refractivity contribution in [3.63, 3.8) is 0 Å². The molecule has 1 heterocycles. The van der Waals surface area contributed by atoms with Crippen LogP contribution in [0, 0.1) is 5.41 Å². The summed E-state index contributed by atoms with van der Waals surface area (Å²) in [6.07, 6.45) is 4.99. The maximum Gasteiger partial charge on any atom is 0.198 e. The Morgan fingerprint density at radius 1 is 1.30 bits per heavy atom. The van der Waals surface area contributed by atoms with Gasteiger partial charge in [-0.2, -0.15) is 0 Å². The van der Waals surface area contributed by atoms with Gasteiger partial charge in [0.2, 0.25) is 0 Å². The number of nitrogens with zero attached hydrogens (tertiary/aromatic N) is 2. The summed E-state index contributed by atoms with van der Waals surface area (Å²) in [7, 11) is 1.52. The maximum absolute atomic E-state index is 10.6. The predicted molar refractivity (Wildman–Crippen MR) is 79.3 cm³/mol. The van der Waals surface area contributed by atoms with E-state index in [1.165, 1.54) is 13.4 Å². The van der Waals surface area contributed by atoms with Gasteiger partial charge in [-0.05, 0) is 31.1 Å². The number of aromatic nitrogens is 2. The van der Waals surface area contributed by atoms with Crippen molar-refractivity contribution in [3.05, 3.63) is 11.5 Å². The Morgan fingerprint density at radius 2 is 1.95 bits per heavy atom. The third-order valence-corrected chi connectivity index (χ3v) is 4.35. The van der Waals surface area contributed by atoms with E-state index in [1.807, 2.05) is 0 Å². The van der Waals surface area contributed by atoms with E-state index in [-0.39, 0.29) is 5.15 Å². The van der Waals surface area contributed by atoms with E-state index in [0.717, 1.165) is 25.7 Å². The lowest BCUT2D eigenvalue weighted by atomic mass is 9.71. The first-order valence-electron chi connectivity index (χ1n) is 6.86. The molecule has 1 aromatic rings. The van der Waals surface area contributed by atoms with Crippen LogP contribution < -0.4 is 10.1 Å². The first kappa shape index (κ1) is 15.3. The molecule has 0 spiro atoms. The molecule has 0 radical (unpaired) electrons. The number of halogens is 1. The van der Waals surface area contributed by atoms with Gasteiger partial charge in [0.1, 0.15) is 6.33 Å². The monoisotopic (exact) mass is 299 g/mol. The largest absolute Gasteiger partial charge is 0.490 e.